The quantitative estimate of drug-likeness (QED) is 0.922. The number of hydrogen-bond donors (Lipinski definition) is 1. The molecule has 0 saturated carbocycles. The lowest BCUT2D eigenvalue weighted by atomic mass is 10.2. The predicted octanol–water partition coefficient (Wildman–Crippen LogP) is 2.92. The number of nitrogens with zero attached hydrogens (tertiary/aromatic N) is 1. The number of halogens is 1. The molecule has 0 bridgehead atoms. The van der Waals surface area contributed by atoms with E-state index in [0.717, 1.165) is 17.3 Å². The summed E-state index contributed by atoms with van der Waals surface area (Å²) in [4.78, 5) is 25.9. The fourth-order valence-electron chi connectivity index (χ4n) is 2.28. The Kier molecular flexibility index (Phi) is 5.46. The number of benzene rings is 2. The number of hydrogen-bond acceptors (Lipinski definition) is 2. The van der Waals surface area contributed by atoms with Gasteiger partial charge in [0.15, 0.2) is 0 Å². The van der Waals surface area contributed by atoms with Crippen molar-refractivity contribution in [2.75, 3.05) is 18.0 Å². The van der Waals surface area contributed by atoms with Crippen LogP contribution in [0.15, 0.2) is 48.5 Å². The van der Waals surface area contributed by atoms with Gasteiger partial charge in [-0.2, -0.15) is 0 Å². The molecule has 0 atom stereocenters. The van der Waals surface area contributed by atoms with Crippen molar-refractivity contribution in [3.63, 3.8) is 0 Å². The Bertz CT molecular complexity index is 716. The molecule has 23 heavy (non-hydrogen) atoms. The van der Waals surface area contributed by atoms with Crippen molar-refractivity contribution in [2.45, 2.75) is 13.8 Å². The van der Waals surface area contributed by atoms with E-state index in [1.807, 2.05) is 38.1 Å². The Morgan fingerprint density at radius 2 is 1.87 bits per heavy atom. The Balaban J connectivity index is 2.01. The number of carbonyl (C=O) groups is 2. The topological polar surface area (TPSA) is 49.4 Å². The number of rotatable bonds is 5. The van der Waals surface area contributed by atoms with Crippen LogP contribution in [0.1, 0.15) is 22.8 Å². The summed E-state index contributed by atoms with van der Waals surface area (Å²) in [7, 11) is 0. The van der Waals surface area contributed by atoms with Gasteiger partial charge < -0.3 is 10.2 Å². The van der Waals surface area contributed by atoms with Gasteiger partial charge in [-0.25, -0.2) is 4.39 Å². The zero-order valence-corrected chi connectivity index (χ0v) is 13.2. The third-order valence-electron chi connectivity index (χ3n) is 3.42. The molecular weight excluding hydrogens is 295 g/mol. The van der Waals surface area contributed by atoms with Crippen LogP contribution in [0, 0.1) is 12.7 Å². The Hall–Kier alpha value is -2.69. The van der Waals surface area contributed by atoms with E-state index >= 15 is 0 Å². The van der Waals surface area contributed by atoms with Crippen LogP contribution in [-0.2, 0) is 4.79 Å². The van der Waals surface area contributed by atoms with Gasteiger partial charge in [0, 0.05) is 17.8 Å². The van der Waals surface area contributed by atoms with E-state index in [0.29, 0.717) is 6.54 Å². The van der Waals surface area contributed by atoms with Crippen LogP contribution >= 0.6 is 0 Å². The minimum atomic E-state index is -0.487. The lowest BCUT2D eigenvalue weighted by Crippen LogP contribution is -2.40. The second-order valence-corrected chi connectivity index (χ2v) is 5.17. The SMILES string of the molecule is CCN(C(=O)CNC(=O)c1cccc(F)c1)c1cccc(C)c1. The molecule has 1 N–H and O–H groups in total. The van der Waals surface area contributed by atoms with Crippen molar-refractivity contribution in [3.05, 3.63) is 65.5 Å². The summed E-state index contributed by atoms with van der Waals surface area (Å²) in [6.45, 7) is 4.18. The van der Waals surface area contributed by atoms with Crippen LogP contribution in [0.5, 0.6) is 0 Å². The molecule has 4 nitrogen and oxygen atoms in total. The molecule has 120 valence electrons. The van der Waals surface area contributed by atoms with Gasteiger partial charge >= 0.3 is 0 Å². The fraction of sp³-hybridized carbons (Fsp3) is 0.222. The van der Waals surface area contributed by atoms with Gasteiger partial charge in [-0.15, -0.1) is 0 Å². The Morgan fingerprint density at radius 1 is 1.13 bits per heavy atom. The van der Waals surface area contributed by atoms with E-state index in [4.69, 9.17) is 0 Å². The third-order valence-corrected chi connectivity index (χ3v) is 3.42. The van der Waals surface area contributed by atoms with Gasteiger partial charge in [-0.3, -0.25) is 9.59 Å². The first-order valence-corrected chi connectivity index (χ1v) is 7.42. The number of likely N-dealkylation sites (N-methyl/N-ethyl adjacent to an activating group) is 1. The van der Waals surface area contributed by atoms with Crippen molar-refractivity contribution < 1.29 is 14.0 Å². The molecule has 0 aliphatic rings. The molecule has 0 saturated heterocycles. The standard InChI is InChI=1S/C18H19FN2O2/c1-3-21(16-9-4-6-13(2)10-16)17(22)12-20-18(23)14-7-5-8-15(19)11-14/h4-11H,3,12H2,1-2H3,(H,20,23). The maximum absolute atomic E-state index is 13.1. The van der Waals surface area contributed by atoms with E-state index < -0.39 is 11.7 Å². The molecule has 5 heteroatoms. The lowest BCUT2D eigenvalue weighted by Gasteiger charge is -2.21. The minimum absolute atomic E-state index is 0.142. The molecule has 0 spiro atoms. The molecular formula is C18H19FN2O2. The van der Waals surface area contributed by atoms with Crippen molar-refractivity contribution in [2.24, 2.45) is 0 Å². The summed E-state index contributed by atoms with van der Waals surface area (Å²) in [5.41, 5.74) is 2.03. The first-order chi connectivity index (χ1) is 11.0. The highest BCUT2D eigenvalue weighted by Gasteiger charge is 2.15. The number of carbonyl (C=O) groups excluding carboxylic acids is 2. The molecule has 0 radical (unpaired) electrons. The Morgan fingerprint density at radius 3 is 2.52 bits per heavy atom. The third kappa shape index (κ3) is 4.39. The second kappa shape index (κ2) is 7.54. The summed E-state index contributed by atoms with van der Waals surface area (Å²) >= 11 is 0. The molecule has 2 aromatic rings. The molecule has 2 aromatic carbocycles. The highest BCUT2D eigenvalue weighted by atomic mass is 19.1. The van der Waals surface area contributed by atoms with Crippen molar-refractivity contribution in [1.29, 1.82) is 0 Å². The van der Waals surface area contributed by atoms with E-state index in [1.165, 1.54) is 18.2 Å². The summed E-state index contributed by atoms with van der Waals surface area (Å²) < 4.78 is 13.1. The van der Waals surface area contributed by atoms with Gasteiger partial charge in [0.25, 0.3) is 5.91 Å². The normalized spacial score (nSPS) is 10.2. The molecule has 0 heterocycles. The van der Waals surface area contributed by atoms with Gasteiger partial charge in [0.1, 0.15) is 5.82 Å². The van der Waals surface area contributed by atoms with E-state index in [1.54, 1.807) is 4.90 Å². The number of amides is 2. The largest absolute Gasteiger partial charge is 0.343 e. The molecule has 0 unspecified atom stereocenters. The summed E-state index contributed by atoms with van der Waals surface area (Å²) in [5, 5.41) is 2.53. The van der Waals surface area contributed by atoms with Crippen LogP contribution in [0.4, 0.5) is 10.1 Å². The van der Waals surface area contributed by atoms with Crippen molar-refractivity contribution >= 4 is 17.5 Å². The maximum Gasteiger partial charge on any atom is 0.251 e. The average molecular weight is 314 g/mol. The van der Waals surface area contributed by atoms with Gasteiger partial charge in [-0.1, -0.05) is 18.2 Å². The van der Waals surface area contributed by atoms with Crippen LogP contribution < -0.4 is 10.2 Å². The van der Waals surface area contributed by atoms with E-state index in [9.17, 15) is 14.0 Å². The molecule has 0 aliphatic heterocycles. The molecule has 2 rings (SSSR count). The van der Waals surface area contributed by atoms with Gasteiger partial charge in [-0.05, 0) is 49.7 Å². The second-order valence-electron chi connectivity index (χ2n) is 5.17. The summed E-state index contributed by atoms with van der Waals surface area (Å²) in [6.07, 6.45) is 0. The molecule has 0 aromatic heterocycles. The molecule has 0 aliphatic carbocycles. The first-order valence-electron chi connectivity index (χ1n) is 7.42. The van der Waals surface area contributed by atoms with Crippen LogP contribution in [-0.4, -0.2) is 24.9 Å². The fourth-order valence-corrected chi connectivity index (χ4v) is 2.28. The van der Waals surface area contributed by atoms with E-state index in [-0.39, 0.29) is 18.0 Å². The van der Waals surface area contributed by atoms with Crippen LogP contribution in [0.2, 0.25) is 0 Å². The molecule has 0 fully saturated rings. The number of aryl methyl sites for hydroxylation is 1. The van der Waals surface area contributed by atoms with Crippen molar-refractivity contribution in [1.82, 2.24) is 5.32 Å². The predicted molar refractivity (Wildman–Crippen MR) is 87.9 cm³/mol. The summed E-state index contributed by atoms with van der Waals surface area (Å²) in [6, 6.07) is 13.0. The molecule has 2 amide bonds. The van der Waals surface area contributed by atoms with Crippen LogP contribution in [0.25, 0.3) is 0 Å². The van der Waals surface area contributed by atoms with Gasteiger partial charge in [0.2, 0.25) is 5.91 Å². The zero-order chi connectivity index (χ0) is 16.8. The first kappa shape index (κ1) is 16.7. The maximum atomic E-state index is 13.1. The van der Waals surface area contributed by atoms with Gasteiger partial charge in [0.05, 0.1) is 6.54 Å². The highest BCUT2D eigenvalue weighted by Crippen LogP contribution is 2.15. The van der Waals surface area contributed by atoms with Crippen molar-refractivity contribution in [3.8, 4) is 0 Å². The summed E-state index contributed by atoms with van der Waals surface area (Å²) in [5.74, 6) is -1.18. The zero-order valence-electron chi connectivity index (χ0n) is 13.2. The smallest absolute Gasteiger partial charge is 0.251 e. The van der Waals surface area contributed by atoms with E-state index in [2.05, 4.69) is 5.32 Å². The monoisotopic (exact) mass is 314 g/mol. The highest BCUT2D eigenvalue weighted by molar-refractivity contribution is 6.00. The minimum Gasteiger partial charge on any atom is -0.343 e. The lowest BCUT2D eigenvalue weighted by molar-refractivity contribution is -0.117. The number of anilines is 1. The number of nitrogens with one attached hydrogen (secondary N) is 1. The Labute approximate surface area is 134 Å². The van der Waals surface area contributed by atoms with Crippen LogP contribution in [0.3, 0.4) is 0 Å². The average Bonchev–Trinajstić information content (AvgIpc) is 2.53.